The van der Waals surface area contributed by atoms with Crippen LogP contribution in [0.15, 0.2) is 60.7 Å². The first-order chi connectivity index (χ1) is 8.72. The Kier molecular flexibility index (Phi) is 4.56. The van der Waals surface area contributed by atoms with E-state index in [-0.39, 0.29) is 4.32 Å². The van der Waals surface area contributed by atoms with Crippen LogP contribution in [0.3, 0.4) is 0 Å². The van der Waals surface area contributed by atoms with E-state index in [0.29, 0.717) is 6.54 Å². The summed E-state index contributed by atoms with van der Waals surface area (Å²) in [6.07, 6.45) is 1.89. The minimum Gasteiger partial charge on any atom is -0.329 e. The van der Waals surface area contributed by atoms with Crippen LogP contribution >= 0.6 is 15.9 Å². The summed E-state index contributed by atoms with van der Waals surface area (Å²) in [6, 6.07) is 21.0. The molecule has 2 aromatic rings. The van der Waals surface area contributed by atoms with Gasteiger partial charge in [0.1, 0.15) is 0 Å². The van der Waals surface area contributed by atoms with Gasteiger partial charge in [0.2, 0.25) is 0 Å². The summed E-state index contributed by atoms with van der Waals surface area (Å²) in [4.78, 5) is 0. The van der Waals surface area contributed by atoms with Crippen LogP contribution in [0.1, 0.15) is 11.1 Å². The van der Waals surface area contributed by atoms with Gasteiger partial charge in [0, 0.05) is 10.9 Å². The Morgan fingerprint density at radius 1 is 0.778 bits per heavy atom. The molecule has 0 atom stereocenters. The van der Waals surface area contributed by atoms with Crippen molar-refractivity contribution in [3.8, 4) is 0 Å². The third-order valence-electron chi connectivity index (χ3n) is 3.09. The quantitative estimate of drug-likeness (QED) is 0.840. The normalized spacial score (nSPS) is 11.4. The second kappa shape index (κ2) is 6.17. The van der Waals surface area contributed by atoms with Gasteiger partial charge in [-0.2, -0.15) is 0 Å². The van der Waals surface area contributed by atoms with Gasteiger partial charge in [0.05, 0.1) is 0 Å². The molecule has 2 aromatic carbocycles. The van der Waals surface area contributed by atoms with E-state index in [9.17, 15) is 0 Å². The summed E-state index contributed by atoms with van der Waals surface area (Å²) in [7, 11) is 0. The second-order valence-corrected chi connectivity index (χ2v) is 6.36. The maximum atomic E-state index is 5.96. The first-order valence-corrected chi connectivity index (χ1v) is 6.98. The van der Waals surface area contributed by atoms with Crippen molar-refractivity contribution >= 4 is 15.9 Å². The lowest BCUT2D eigenvalue weighted by atomic mass is 9.92. The van der Waals surface area contributed by atoms with Crippen molar-refractivity contribution < 1.29 is 0 Å². The van der Waals surface area contributed by atoms with Crippen molar-refractivity contribution in [2.24, 2.45) is 5.73 Å². The maximum absolute atomic E-state index is 5.96. The van der Waals surface area contributed by atoms with Crippen molar-refractivity contribution in [2.45, 2.75) is 17.2 Å². The molecule has 2 rings (SSSR count). The lowest BCUT2D eigenvalue weighted by Gasteiger charge is -2.26. The van der Waals surface area contributed by atoms with Crippen LogP contribution in [-0.4, -0.2) is 10.9 Å². The summed E-state index contributed by atoms with van der Waals surface area (Å²) < 4.78 is -0.0598. The fourth-order valence-electron chi connectivity index (χ4n) is 2.13. The predicted molar refractivity (Wildman–Crippen MR) is 81.0 cm³/mol. The van der Waals surface area contributed by atoms with Crippen LogP contribution in [0.5, 0.6) is 0 Å². The molecule has 2 N–H and O–H groups in total. The van der Waals surface area contributed by atoms with E-state index >= 15 is 0 Å². The van der Waals surface area contributed by atoms with Crippen molar-refractivity contribution in [3.05, 3.63) is 71.8 Å². The molecule has 0 amide bonds. The van der Waals surface area contributed by atoms with Crippen molar-refractivity contribution in [1.82, 2.24) is 0 Å². The third-order valence-corrected chi connectivity index (χ3v) is 3.98. The number of nitrogens with two attached hydrogens (primary N) is 1. The van der Waals surface area contributed by atoms with Gasteiger partial charge in [-0.3, -0.25) is 0 Å². The van der Waals surface area contributed by atoms with Crippen LogP contribution in [0, 0.1) is 0 Å². The highest BCUT2D eigenvalue weighted by Gasteiger charge is 2.25. The van der Waals surface area contributed by atoms with Crippen molar-refractivity contribution in [3.63, 3.8) is 0 Å². The largest absolute Gasteiger partial charge is 0.329 e. The van der Waals surface area contributed by atoms with Crippen LogP contribution in [0.25, 0.3) is 0 Å². The Morgan fingerprint density at radius 3 is 1.50 bits per heavy atom. The standard InChI is InChI=1S/C16H18BrN/c17-16(13-18,11-14-7-3-1-4-8-14)12-15-9-5-2-6-10-15/h1-10H,11-13,18H2. The van der Waals surface area contributed by atoms with Gasteiger partial charge in [-0.15, -0.1) is 0 Å². The van der Waals surface area contributed by atoms with Gasteiger partial charge in [-0.05, 0) is 24.0 Å². The average molecular weight is 304 g/mol. The number of hydrogen-bond acceptors (Lipinski definition) is 1. The van der Waals surface area contributed by atoms with E-state index in [0.717, 1.165) is 12.8 Å². The van der Waals surface area contributed by atoms with Gasteiger partial charge in [-0.25, -0.2) is 0 Å². The van der Waals surface area contributed by atoms with Crippen LogP contribution in [0.4, 0.5) is 0 Å². The molecule has 0 aliphatic carbocycles. The molecule has 1 nitrogen and oxygen atoms in total. The number of benzene rings is 2. The fraction of sp³-hybridized carbons (Fsp3) is 0.250. The Hall–Kier alpha value is -1.12. The number of halogens is 1. The summed E-state index contributed by atoms with van der Waals surface area (Å²) in [5, 5.41) is 0. The molecule has 0 heterocycles. The average Bonchev–Trinajstić information content (AvgIpc) is 2.41. The zero-order valence-corrected chi connectivity index (χ0v) is 11.9. The zero-order chi connectivity index (χ0) is 12.8. The number of alkyl halides is 1. The molecule has 0 bridgehead atoms. The number of rotatable bonds is 5. The third kappa shape index (κ3) is 3.69. The monoisotopic (exact) mass is 303 g/mol. The second-order valence-electron chi connectivity index (χ2n) is 4.68. The van der Waals surface area contributed by atoms with Crippen LogP contribution in [-0.2, 0) is 12.8 Å². The fourth-order valence-corrected chi connectivity index (χ4v) is 2.78. The van der Waals surface area contributed by atoms with Gasteiger partial charge in [0.25, 0.3) is 0 Å². The Morgan fingerprint density at radius 2 is 1.17 bits per heavy atom. The first kappa shape index (κ1) is 13.3. The highest BCUT2D eigenvalue weighted by molar-refractivity contribution is 9.10. The Labute approximate surface area is 117 Å². The van der Waals surface area contributed by atoms with Gasteiger partial charge in [-0.1, -0.05) is 76.6 Å². The molecule has 18 heavy (non-hydrogen) atoms. The molecule has 0 aliphatic rings. The van der Waals surface area contributed by atoms with Crippen LogP contribution in [0.2, 0.25) is 0 Å². The smallest absolute Gasteiger partial charge is 0.0460 e. The number of hydrogen-bond donors (Lipinski definition) is 1. The van der Waals surface area contributed by atoms with Gasteiger partial charge >= 0.3 is 0 Å². The molecule has 0 aliphatic heterocycles. The molecule has 2 heteroatoms. The zero-order valence-electron chi connectivity index (χ0n) is 10.4. The summed E-state index contributed by atoms with van der Waals surface area (Å²) >= 11 is 3.83. The van der Waals surface area contributed by atoms with Gasteiger partial charge in [0.15, 0.2) is 0 Å². The molecule has 0 fully saturated rings. The molecular weight excluding hydrogens is 286 g/mol. The van der Waals surface area contributed by atoms with E-state index in [1.165, 1.54) is 11.1 Å². The maximum Gasteiger partial charge on any atom is 0.0460 e. The van der Waals surface area contributed by atoms with Crippen LogP contribution < -0.4 is 5.73 Å². The lowest BCUT2D eigenvalue weighted by Crippen LogP contribution is -2.36. The minimum absolute atomic E-state index is 0.0598. The van der Waals surface area contributed by atoms with E-state index in [1.807, 2.05) is 12.1 Å². The summed E-state index contributed by atoms with van der Waals surface area (Å²) in [5.74, 6) is 0. The predicted octanol–water partition coefficient (Wildman–Crippen LogP) is 3.56. The van der Waals surface area contributed by atoms with E-state index in [4.69, 9.17) is 5.73 Å². The highest BCUT2D eigenvalue weighted by atomic mass is 79.9. The molecule has 0 spiro atoms. The summed E-state index contributed by atoms with van der Waals surface area (Å²) in [5.41, 5.74) is 8.59. The van der Waals surface area contributed by atoms with Crippen molar-refractivity contribution in [2.75, 3.05) is 6.54 Å². The molecule has 0 radical (unpaired) electrons. The minimum atomic E-state index is -0.0598. The van der Waals surface area contributed by atoms with Gasteiger partial charge < -0.3 is 5.73 Å². The SMILES string of the molecule is NCC(Br)(Cc1ccccc1)Cc1ccccc1. The summed E-state index contributed by atoms with van der Waals surface area (Å²) in [6.45, 7) is 0.622. The van der Waals surface area contributed by atoms with E-state index in [1.54, 1.807) is 0 Å². The Bertz CT molecular complexity index is 425. The van der Waals surface area contributed by atoms with Crippen molar-refractivity contribution in [1.29, 1.82) is 0 Å². The lowest BCUT2D eigenvalue weighted by molar-refractivity contribution is 0.602. The highest BCUT2D eigenvalue weighted by Crippen LogP contribution is 2.27. The van der Waals surface area contributed by atoms with E-state index < -0.39 is 0 Å². The molecule has 0 saturated heterocycles. The topological polar surface area (TPSA) is 26.0 Å². The molecule has 0 aromatic heterocycles. The Balaban J connectivity index is 2.11. The molecule has 0 saturated carbocycles. The first-order valence-electron chi connectivity index (χ1n) is 6.19. The van der Waals surface area contributed by atoms with E-state index in [2.05, 4.69) is 64.5 Å². The molecule has 94 valence electrons. The molecule has 0 unspecified atom stereocenters. The molecular formula is C16H18BrN.